The summed E-state index contributed by atoms with van der Waals surface area (Å²) in [4.78, 5) is 17.1. The van der Waals surface area contributed by atoms with E-state index in [4.69, 9.17) is 5.73 Å². The lowest BCUT2D eigenvalue weighted by molar-refractivity contribution is 0.821. The van der Waals surface area contributed by atoms with Gasteiger partial charge in [-0.25, -0.2) is 4.98 Å². The number of hydrogen-bond donors (Lipinski definition) is 1. The van der Waals surface area contributed by atoms with Crippen molar-refractivity contribution in [3.8, 4) is 0 Å². The quantitative estimate of drug-likeness (QED) is 0.878. The van der Waals surface area contributed by atoms with Crippen LogP contribution in [0, 0.1) is 0 Å². The highest BCUT2D eigenvalue weighted by molar-refractivity contribution is 7.99. The first-order valence-corrected chi connectivity index (χ1v) is 8.21. The number of thioether (sulfide) groups is 1. The third-order valence-corrected chi connectivity index (χ3v) is 5.05. The first kappa shape index (κ1) is 14.5. The molecule has 0 amide bonds. The van der Waals surface area contributed by atoms with Crippen LogP contribution in [-0.2, 0) is 12.2 Å². The molecule has 0 saturated heterocycles. The Labute approximate surface area is 120 Å². The highest BCUT2D eigenvalue weighted by atomic mass is 32.2. The number of aryl methyl sites for hydroxylation is 1. The van der Waals surface area contributed by atoms with Gasteiger partial charge in [-0.3, -0.25) is 4.79 Å². The fourth-order valence-corrected chi connectivity index (χ4v) is 3.42. The second kappa shape index (κ2) is 6.49. The molecule has 1 atom stereocenters. The predicted molar refractivity (Wildman–Crippen MR) is 80.9 cm³/mol. The molecule has 0 aliphatic rings. The summed E-state index contributed by atoms with van der Waals surface area (Å²) in [5.74, 6) is 0.742. The molecule has 2 rings (SSSR count). The number of rotatable bonds is 6. The molecular weight excluding hydrogens is 280 g/mol. The van der Waals surface area contributed by atoms with Gasteiger partial charge in [0.05, 0.1) is 5.69 Å². The third-order valence-electron chi connectivity index (χ3n) is 2.73. The predicted octanol–water partition coefficient (Wildman–Crippen LogP) is 1.68. The Morgan fingerprint density at radius 2 is 2.37 bits per heavy atom. The maximum absolute atomic E-state index is 11.9. The monoisotopic (exact) mass is 298 g/mol. The van der Waals surface area contributed by atoms with Gasteiger partial charge in [0.15, 0.2) is 0 Å². The summed E-state index contributed by atoms with van der Waals surface area (Å²) >= 11 is 3.26. The first-order chi connectivity index (χ1) is 9.13. The van der Waals surface area contributed by atoms with Crippen molar-refractivity contribution in [2.45, 2.75) is 37.7 Å². The van der Waals surface area contributed by atoms with Gasteiger partial charge in [0.1, 0.15) is 5.01 Å². The summed E-state index contributed by atoms with van der Waals surface area (Å²) in [7, 11) is 0. The van der Waals surface area contributed by atoms with Crippen molar-refractivity contribution >= 4 is 28.1 Å². The summed E-state index contributed by atoms with van der Waals surface area (Å²) in [5.41, 5.74) is 6.26. The second-order valence-electron chi connectivity index (χ2n) is 4.33. The molecule has 0 aromatic carbocycles. The smallest absolute Gasteiger partial charge is 0.275 e. The van der Waals surface area contributed by atoms with Gasteiger partial charge in [0.25, 0.3) is 5.56 Å². The molecule has 0 fully saturated rings. The molecular formula is C12H18N4OS2. The van der Waals surface area contributed by atoms with Crippen molar-refractivity contribution in [3.63, 3.8) is 0 Å². The van der Waals surface area contributed by atoms with E-state index >= 15 is 0 Å². The van der Waals surface area contributed by atoms with E-state index in [0.29, 0.717) is 16.8 Å². The van der Waals surface area contributed by atoms with E-state index in [2.05, 4.69) is 17.0 Å². The molecule has 1 unspecified atom stereocenters. The van der Waals surface area contributed by atoms with Crippen LogP contribution in [0.2, 0.25) is 0 Å². The fourth-order valence-electron chi connectivity index (χ4n) is 1.66. The van der Waals surface area contributed by atoms with Crippen LogP contribution in [0.15, 0.2) is 10.9 Å². The zero-order valence-electron chi connectivity index (χ0n) is 11.1. The molecule has 2 aromatic heterocycles. The Balaban J connectivity index is 2.18. The molecule has 0 radical (unpaired) electrons. The summed E-state index contributed by atoms with van der Waals surface area (Å²) in [6.45, 7) is 4.86. The minimum Gasteiger partial charge on any atom is -0.330 e. The normalized spacial score (nSPS) is 13.0. The van der Waals surface area contributed by atoms with Crippen LogP contribution in [0.3, 0.4) is 0 Å². The van der Waals surface area contributed by atoms with Crippen molar-refractivity contribution in [1.82, 2.24) is 14.6 Å². The Kier molecular flexibility index (Phi) is 4.95. The summed E-state index contributed by atoms with van der Waals surface area (Å²) in [5, 5.41) is 5.65. The Morgan fingerprint density at radius 1 is 1.58 bits per heavy atom. The summed E-state index contributed by atoms with van der Waals surface area (Å²) in [6.07, 6.45) is 1.80. The highest BCUT2D eigenvalue weighted by Gasteiger charge is 2.09. The van der Waals surface area contributed by atoms with Crippen LogP contribution >= 0.6 is 23.1 Å². The first-order valence-electron chi connectivity index (χ1n) is 6.34. The highest BCUT2D eigenvalue weighted by Crippen LogP contribution is 2.19. The molecule has 7 heteroatoms. The molecule has 2 N–H and O–H groups in total. The Hall–Kier alpha value is -0.920. The van der Waals surface area contributed by atoms with Crippen LogP contribution in [0.5, 0.6) is 0 Å². The van der Waals surface area contributed by atoms with Gasteiger partial charge in [-0.05, 0) is 19.4 Å². The van der Waals surface area contributed by atoms with E-state index in [-0.39, 0.29) is 5.56 Å². The maximum Gasteiger partial charge on any atom is 0.275 e. The summed E-state index contributed by atoms with van der Waals surface area (Å²) < 4.78 is 1.39. The van der Waals surface area contributed by atoms with Gasteiger partial charge in [0, 0.05) is 17.1 Å². The zero-order chi connectivity index (χ0) is 13.8. The van der Waals surface area contributed by atoms with Crippen molar-refractivity contribution in [3.05, 3.63) is 27.1 Å². The fraction of sp³-hybridized carbons (Fsp3) is 0.583. The van der Waals surface area contributed by atoms with Crippen LogP contribution in [0.4, 0.5) is 0 Å². The summed E-state index contributed by atoms with van der Waals surface area (Å²) in [6, 6.07) is 1.58. The lowest BCUT2D eigenvalue weighted by Gasteiger charge is -2.08. The van der Waals surface area contributed by atoms with E-state index < -0.39 is 0 Å². The van der Waals surface area contributed by atoms with Crippen LogP contribution in [0.25, 0.3) is 4.96 Å². The standard InChI is InChI=1S/C12H18N4OS2/c1-3-10-15-16-11(17)6-9(14-12(16)19-10)7-18-8(2)4-5-13/h6,8H,3-5,7,13H2,1-2H3. The SMILES string of the molecule is CCc1nn2c(=O)cc(CSC(C)CCN)nc2s1. The lowest BCUT2D eigenvalue weighted by Crippen LogP contribution is -2.15. The van der Waals surface area contributed by atoms with Crippen molar-refractivity contribution in [2.75, 3.05) is 6.54 Å². The number of nitrogens with zero attached hydrogens (tertiary/aromatic N) is 3. The van der Waals surface area contributed by atoms with Gasteiger partial charge in [-0.15, -0.1) is 0 Å². The number of nitrogens with two attached hydrogens (primary N) is 1. The molecule has 2 heterocycles. The van der Waals surface area contributed by atoms with Crippen molar-refractivity contribution < 1.29 is 0 Å². The van der Waals surface area contributed by atoms with Crippen molar-refractivity contribution in [2.24, 2.45) is 5.73 Å². The molecule has 0 spiro atoms. The van der Waals surface area contributed by atoms with Gasteiger partial charge in [-0.1, -0.05) is 25.2 Å². The maximum atomic E-state index is 11.9. The molecule has 2 aromatic rings. The van der Waals surface area contributed by atoms with E-state index in [9.17, 15) is 4.79 Å². The van der Waals surface area contributed by atoms with Gasteiger partial charge in [-0.2, -0.15) is 21.4 Å². The molecule has 0 aliphatic heterocycles. The Morgan fingerprint density at radius 3 is 3.05 bits per heavy atom. The minimum absolute atomic E-state index is 0.0944. The molecule has 19 heavy (non-hydrogen) atoms. The van der Waals surface area contributed by atoms with Gasteiger partial charge in [0.2, 0.25) is 4.96 Å². The lowest BCUT2D eigenvalue weighted by atomic mass is 10.3. The van der Waals surface area contributed by atoms with Gasteiger partial charge >= 0.3 is 0 Å². The third kappa shape index (κ3) is 3.55. The molecule has 5 nitrogen and oxygen atoms in total. The van der Waals surface area contributed by atoms with Gasteiger partial charge < -0.3 is 5.73 Å². The average Bonchev–Trinajstić information content (AvgIpc) is 2.80. The Bertz CT molecular complexity index is 607. The largest absolute Gasteiger partial charge is 0.330 e. The topological polar surface area (TPSA) is 73.3 Å². The minimum atomic E-state index is -0.0944. The van der Waals surface area contributed by atoms with E-state index in [1.165, 1.54) is 15.9 Å². The van der Waals surface area contributed by atoms with Crippen molar-refractivity contribution in [1.29, 1.82) is 0 Å². The molecule has 0 aliphatic carbocycles. The molecule has 0 bridgehead atoms. The number of fused-ring (bicyclic) bond motifs is 1. The van der Waals surface area contributed by atoms with E-state index in [0.717, 1.165) is 29.3 Å². The molecule has 0 saturated carbocycles. The van der Waals surface area contributed by atoms with E-state index in [1.807, 2.05) is 6.92 Å². The number of aromatic nitrogens is 3. The van der Waals surface area contributed by atoms with Crippen LogP contribution in [0.1, 0.15) is 31.0 Å². The zero-order valence-corrected chi connectivity index (χ0v) is 12.8. The molecule has 104 valence electrons. The second-order valence-corrected chi connectivity index (χ2v) is 6.80. The van der Waals surface area contributed by atoms with Crippen LogP contribution < -0.4 is 11.3 Å². The number of hydrogen-bond acceptors (Lipinski definition) is 6. The average molecular weight is 298 g/mol. The van der Waals surface area contributed by atoms with E-state index in [1.54, 1.807) is 17.8 Å². The van der Waals surface area contributed by atoms with Crippen LogP contribution in [-0.4, -0.2) is 26.4 Å².